The Balaban J connectivity index is 2.04. The Morgan fingerprint density at radius 3 is 3.00 bits per heavy atom. The maximum Gasteiger partial charge on any atom is 0.257 e. The quantitative estimate of drug-likeness (QED) is 0.888. The van der Waals surface area contributed by atoms with E-state index < -0.39 is 0 Å². The van der Waals surface area contributed by atoms with Gasteiger partial charge in [-0.3, -0.25) is 4.79 Å². The molecule has 2 rings (SSSR count). The van der Waals surface area contributed by atoms with Gasteiger partial charge in [0.2, 0.25) is 0 Å². The van der Waals surface area contributed by atoms with E-state index in [1.807, 2.05) is 13.8 Å². The van der Waals surface area contributed by atoms with Crippen molar-refractivity contribution in [2.45, 2.75) is 52.2 Å². The monoisotopic (exact) mass is 252 g/mol. The van der Waals surface area contributed by atoms with Crippen LogP contribution in [0.1, 0.15) is 48.5 Å². The van der Waals surface area contributed by atoms with E-state index in [1.165, 1.54) is 0 Å². The summed E-state index contributed by atoms with van der Waals surface area (Å²) >= 11 is 0. The van der Waals surface area contributed by atoms with Crippen molar-refractivity contribution in [1.29, 1.82) is 0 Å². The van der Waals surface area contributed by atoms with Gasteiger partial charge in [-0.25, -0.2) is 0 Å². The van der Waals surface area contributed by atoms with Crippen molar-refractivity contribution in [2.75, 3.05) is 6.61 Å². The number of nitrogens with one attached hydrogen (secondary N) is 1. The molecule has 1 aromatic heterocycles. The Bertz CT molecular complexity index is 422. The Hall–Kier alpha value is -1.36. The molecule has 2 atom stereocenters. The van der Waals surface area contributed by atoms with E-state index in [0.717, 1.165) is 19.4 Å². The minimum atomic E-state index is -0.117. The van der Waals surface area contributed by atoms with Gasteiger partial charge < -0.3 is 14.6 Å². The highest BCUT2D eigenvalue weighted by molar-refractivity contribution is 5.96. The SMILES string of the molecule is CCc1noc(C)c1C(=O)N[C@@H](C)[C@@H]1CCCO1. The number of carbonyl (C=O) groups excluding carboxylic acids is 1. The Morgan fingerprint density at radius 1 is 1.61 bits per heavy atom. The lowest BCUT2D eigenvalue weighted by atomic mass is 10.1. The third-order valence-electron chi connectivity index (χ3n) is 3.38. The van der Waals surface area contributed by atoms with E-state index in [2.05, 4.69) is 10.5 Å². The number of rotatable bonds is 4. The van der Waals surface area contributed by atoms with Crippen LogP contribution in [0, 0.1) is 6.92 Å². The highest BCUT2D eigenvalue weighted by Gasteiger charge is 2.26. The van der Waals surface area contributed by atoms with Crippen molar-refractivity contribution in [3.63, 3.8) is 0 Å². The molecule has 0 saturated carbocycles. The topological polar surface area (TPSA) is 64.4 Å². The average Bonchev–Trinajstić information content (AvgIpc) is 2.97. The molecule has 0 bridgehead atoms. The maximum absolute atomic E-state index is 12.2. The van der Waals surface area contributed by atoms with Gasteiger partial charge in [-0.15, -0.1) is 0 Å². The first-order valence-electron chi connectivity index (χ1n) is 6.51. The van der Waals surface area contributed by atoms with E-state index in [4.69, 9.17) is 9.26 Å². The minimum Gasteiger partial charge on any atom is -0.376 e. The van der Waals surface area contributed by atoms with Crippen LogP contribution in [-0.4, -0.2) is 29.8 Å². The highest BCUT2D eigenvalue weighted by Crippen LogP contribution is 2.18. The molecule has 1 N–H and O–H groups in total. The van der Waals surface area contributed by atoms with Crippen molar-refractivity contribution >= 4 is 5.91 Å². The lowest BCUT2D eigenvalue weighted by Crippen LogP contribution is -2.41. The molecule has 1 aromatic rings. The number of aromatic nitrogens is 1. The fourth-order valence-corrected chi connectivity index (χ4v) is 2.32. The van der Waals surface area contributed by atoms with Gasteiger partial charge >= 0.3 is 0 Å². The van der Waals surface area contributed by atoms with E-state index >= 15 is 0 Å². The van der Waals surface area contributed by atoms with Gasteiger partial charge in [0.15, 0.2) is 0 Å². The third kappa shape index (κ3) is 2.56. The second-order valence-electron chi connectivity index (χ2n) is 4.73. The first-order chi connectivity index (χ1) is 8.63. The normalized spacial score (nSPS) is 20.9. The number of carbonyl (C=O) groups is 1. The molecule has 0 spiro atoms. The first-order valence-corrected chi connectivity index (χ1v) is 6.51. The molecule has 0 unspecified atom stereocenters. The fourth-order valence-electron chi connectivity index (χ4n) is 2.32. The molecule has 18 heavy (non-hydrogen) atoms. The molecular formula is C13H20N2O3. The molecule has 5 heteroatoms. The van der Waals surface area contributed by atoms with Gasteiger partial charge in [0.25, 0.3) is 5.91 Å². The summed E-state index contributed by atoms with van der Waals surface area (Å²) in [5, 5.41) is 6.87. The molecule has 5 nitrogen and oxygen atoms in total. The Labute approximate surface area is 107 Å². The second-order valence-corrected chi connectivity index (χ2v) is 4.73. The number of hydrogen-bond donors (Lipinski definition) is 1. The number of ether oxygens (including phenoxy) is 1. The van der Waals surface area contributed by atoms with Crippen molar-refractivity contribution < 1.29 is 14.1 Å². The van der Waals surface area contributed by atoms with Crippen molar-refractivity contribution in [1.82, 2.24) is 10.5 Å². The molecule has 2 heterocycles. The number of hydrogen-bond acceptors (Lipinski definition) is 4. The molecule has 0 radical (unpaired) electrons. The first kappa shape index (κ1) is 13.1. The summed E-state index contributed by atoms with van der Waals surface area (Å²) in [6.45, 7) is 6.48. The lowest BCUT2D eigenvalue weighted by Gasteiger charge is -2.19. The Morgan fingerprint density at radius 2 is 2.39 bits per heavy atom. The van der Waals surface area contributed by atoms with Gasteiger partial charge in [-0.1, -0.05) is 12.1 Å². The van der Waals surface area contributed by atoms with Crippen LogP contribution in [0.4, 0.5) is 0 Å². The average molecular weight is 252 g/mol. The van der Waals surface area contributed by atoms with E-state index in [1.54, 1.807) is 6.92 Å². The van der Waals surface area contributed by atoms with Crippen LogP contribution in [0.5, 0.6) is 0 Å². The van der Waals surface area contributed by atoms with Crippen LogP contribution in [-0.2, 0) is 11.2 Å². The standard InChI is InChI=1S/C13H20N2O3/c1-4-10-12(9(3)18-15-10)13(16)14-8(2)11-6-5-7-17-11/h8,11H,4-7H2,1-3H3,(H,14,16)/t8-,11-/m0/s1. The van der Waals surface area contributed by atoms with Crippen molar-refractivity contribution in [3.8, 4) is 0 Å². The summed E-state index contributed by atoms with van der Waals surface area (Å²) in [5.41, 5.74) is 1.28. The van der Waals surface area contributed by atoms with Crippen LogP contribution in [0.25, 0.3) is 0 Å². The molecule has 1 amide bonds. The smallest absolute Gasteiger partial charge is 0.257 e. The van der Waals surface area contributed by atoms with Gasteiger partial charge in [-0.2, -0.15) is 0 Å². The zero-order valence-corrected chi connectivity index (χ0v) is 11.2. The van der Waals surface area contributed by atoms with Crippen LogP contribution in [0.3, 0.4) is 0 Å². The van der Waals surface area contributed by atoms with Crippen LogP contribution >= 0.6 is 0 Å². The van der Waals surface area contributed by atoms with Gasteiger partial charge in [0, 0.05) is 6.61 Å². The Kier molecular flexibility index (Phi) is 4.01. The predicted octanol–water partition coefficient (Wildman–Crippen LogP) is 1.84. The van der Waals surface area contributed by atoms with Crippen molar-refractivity contribution in [3.05, 3.63) is 17.0 Å². The number of amides is 1. The minimum absolute atomic E-state index is 0.0130. The lowest BCUT2D eigenvalue weighted by molar-refractivity contribution is 0.0711. The van der Waals surface area contributed by atoms with E-state index in [-0.39, 0.29) is 18.1 Å². The molecule has 1 saturated heterocycles. The van der Waals surface area contributed by atoms with E-state index in [0.29, 0.717) is 23.4 Å². The summed E-state index contributed by atoms with van der Waals surface area (Å²) in [6.07, 6.45) is 2.88. The number of aryl methyl sites for hydroxylation is 2. The van der Waals surface area contributed by atoms with Crippen LogP contribution in [0.2, 0.25) is 0 Å². The second kappa shape index (κ2) is 5.52. The summed E-state index contributed by atoms with van der Waals surface area (Å²) < 4.78 is 10.6. The fraction of sp³-hybridized carbons (Fsp3) is 0.692. The maximum atomic E-state index is 12.2. The van der Waals surface area contributed by atoms with Crippen LogP contribution in [0.15, 0.2) is 4.52 Å². The molecule has 1 fully saturated rings. The molecule has 1 aliphatic heterocycles. The molecule has 0 aliphatic carbocycles. The zero-order valence-electron chi connectivity index (χ0n) is 11.2. The summed E-state index contributed by atoms with van der Waals surface area (Å²) in [5.74, 6) is 0.456. The highest BCUT2D eigenvalue weighted by atomic mass is 16.5. The molecule has 0 aromatic carbocycles. The third-order valence-corrected chi connectivity index (χ3v) is 3.38. The van der Waals surface area contributed by atoms with Gasteiger partial charge in [0.1, 0.15) is 11.3 Å². The predicted molar refractivity (Wildman–Crippen MR) is 66.5 cm³/mol. The van der Waals surface area contributed by atoms with Gasteiger partial charge in [-0.05, 0) is 33.1 Å². The summed E-state index contributed by atoms with van der Waals surface area (Å²) in [6, 6.07) is 0.0130. The molecular weight excluding hydrogens is 232 g/mol. The summed E-state index contributed by atoms with van der Waals surface area (Å²) in [7, 11) is 0. The van der Waals surface area contributed by atoms with Crippen LogP contribution < -0.4 is 5.32 Å². The largest absolute Gasteiger partial charge is 0.376 e. The molecule has 100 valence electrons. The zero-order chi connectivity index (χ0) is 13.1. The summed E-state index contributed by atoms with van der Waals surface area (Å²) in [4.78, 5) is 12.2. The van der Waals surface area contributed by atoms with Crippen molar-refractivity contribution in [2.24, 2.45) is 0 Å². The number of nitrogens with zero attached hydrogens (tertiary/aromatic N) is 1. The molecule has 1 aliphatic rings. The van der Waals surface area contributed by atoms with Gasteiger partial charge in [0.05, 0.1) is 17.8 Å². The van der Waals surface area contributed by atoms with E-state index in [9.17, 15) is 4.79 Å².